The summed E-state index contributed by atoms with van der Waals surface area (Å²) in [6.45, 7) is 3.81. The maximum atomic E-state index is 13.1. The molecule has 0 saturated carbocycles. The molecule has 2 aromatic carbocycles. The number of hydrogen-bond acceptors (Lipinski definition) is 3. The third-order valence-electron chi connectivity index (χ3n) is 5.32. The van der Waals surface area contributed by atoms with E-state index >= 15 is 0 Å². The highest BCUT2D eigenvalue weighted by Crippen LogP contribution is 2.44. The van der Waals surface area contributed by atoms with Crippen LogP contribution in [0.4, 0.5) is 13.2 Å². The summed E-state index contributed by atoms with van der Waals surface area (Å²) in [4.78, 5) is 18.9. The maximum absolute atomic E-state index is 13.1. The molecule has 1 aliphatic rings. The normalized spacial score (nSPS) is 22.9. The highest BCUT2D eigenvalue weighted by atomic mass is 19.4. The van der Waals surface area contributed by atoms with Crippen LogP contribution in [0.5, 0.6) is 0 Å². The van der Waals surface area contributed by atoms with Crippen molar-refractivity contribution >= 4 is 11.9 Å². The minimum Gasteiger partial charge on any atom is -0.369 e. The van der Waals surface area contributed by atoms with Crippen molar-refractivity contribution in [2.45, 2.75) is 37.9 Å². The van der Waals surface area contributed by atoms with Gasteiger partial charge in [-0.15, -0.1) is 0 Å². The molecule has 28 heavy (non-hydrogen) atoms. The van der Waals surface area contributed by atoms with Crippen LogP contribution >= 0.6 is 0 Å². The summed E-state index contributed by atoms with van der Waals surface area (Å²) in [5, 5.41) is 0. The van der Waals surface area contributed by atoms with Gasteiger partial charge in [-0.05, 0) is 42.2 Å². The first-order chi connectivity index (χ1) is 13.1. The Labute approximate surface area is 161 Å². The molecule has 2 aromatic rings. The van der Waals surface area contributed by atoms with Gasteiger partial charge >= 0.3 is 6.18 Å². The van der Waals surface area contributed by atoms with Gasteiger partial charge in [-0.1, -0.05) is 43.3 Å². The number of likely N-dealkylation sites (N-methyl/N-ethyl adjacent to an activating group) is 1. The number of halogens is 3. The van der Waals surface area contributed by atoms with Crippen LogP contribution in [0.2, 0.25) is 0 Å². The van der Waals surface area contributed by atoms with Crippen molar-refractivity contribution in [1.29, 1.82) is 0 Å². The lowest BCUT2D eigenvalue weighted by molar-refractivity contribution is -0.137. The van der Waals surface area contributed by atoms with Gasteiger partial charge in [0.05, 0.1) is 11.5 Å². The van der Waals surface area contributed by atoms with Gasteiger partial charge in [-0.25, -0.2) is 4.99 Å². The Morgan fingerprint density at radius 1 is 1.18 bits per heavy atom. The lowest BCUT2D eigenvalue weighted by Gasteiger charge is -2.41. The second-order valence-corrected chi connectivity index (χ2v) is 7.12. The Morgan fingerprint density at radius 2 is 1.82 bits per heavy atom. The van der Waals surface area contributed by atoms with Crippen LogP contribution in [-0.2, 0) is 22.9 Å². The average Bonchev–Trinajstić information content (AvgIpc) is 2.66. The Balaban J connectivity index is 2.16. The largest absolute Gasteiger partial charge is 0.416 e. The predicted molar refractivity (Wildman–Crippen MR) is 102 cm³/mol. The third kappa shape index (κ3) is 3.37. The number of carbonyl (C=O) groups excluding carboxylic acids is 1. The second-order valence-electron chi connectivity index (χ2n) is 7.12. The Hall–Kier alpha value is -2.83. The first kappa shape index (κ1) is 19.9. The number of aryl methyl sites for hydroxylation is 1. The van der Waals surface area contributed by atoms with Gasteiger partial charge in [0, 0.05) is 7.05 Å². The van der Waals surface area contributed by atoms with E-state index in [0.717, 1.165) is 29.7 Å². The fourth-order valence-corrected chi connectivity index (χ4v) is 3.59. The van der Waals surface area contributed by atoms with E-state index in [-0.39, 0.29) is 11.9 Å². The molecule has 2 unspecified atom stereocenters. The molecule has 0 saturated heterocycles. The summed E-state index contributed by atoms with van der Waals surface area (Å²) in [6, 6.07) is 12.4. The number of carbonyl (C=O) groups is 1. The van der Waals surface area contributed by atoms with E-state index < -0.39 is 23.2 Å². The van der Waals surface area contributed by atoms with E-state index in [9.17, 15) is 18.0 Å². The summed E-state index contributed by atoms with van der Waals surface area (Å²) in [5.74, 6) is -1.02. The zero-order valence-corrected chi connectivity index (χ0v) is 15.9. The summed E-state index contributed by atoms with van der Waals surface area (Å²) in [5.41, 5.74) is 6.52. The molecule has 3 rings (SSSR count). The van der Waals surface area contributed by atoms with Crippen molar-refractivity contribution in [3.8, 4) is 0 Å². The molecule has 148 valence electrons. The second kappa shape index (κ2) is 6.96. The number of guanidine groups is 1. The van der Waals surface area contributed by atoms with E-state index in [1.54, 1.807) is 6.92 Å². The van der Waals surface area contributed by atoms with E-state index in [4.69, 9.17) is 5.73 Å². The number of hydrogen-bond donors (Lipinski definition) is 1. The standard InChI is InChI=1S/C21H22F3N3O/c1-4-13-6-5-7-16(12-13)20(2)17(18(28)27(3)19(25)26-20)14-8-10-15(11-9-14)21(22,23)24/h5-12,17H,4H2,1-3H3,(H2,25,26). The van der Waals surface area contributed by atoms with Crippen molar-refractivity contribution in [2.75, 3.05) is 7.05 Å². The summed E-state index contributed by atoms with van der Waals surface area (Å²) >= 11 is 0. The first-order valence-electron chi connectivity index (χ1n) is 8.97. The lowest BCUT2D eigenvalue weighted by atomic mass is 9.74. The predicted octanol–water partition coefficient (Wildman–Crippen LogP) is 4.05. The van der Waals surface area contributed by atoms with Gasteiger partial charge in [-0.2, -0.15) is 13.2 Å². The minimum absolute atomic E-state index is 0.0811. The Kier molecular flexibility index (Phi) is 4.95. The SMILES string of the molecule is CCc1cccc(C2(C)N=C(N)N(C)C(=O)C2c2ccc(C(F)(F)F)cc2)c1. The molecule has 1 amide bonds. The fraction of sp³-hybridized carbons (Fsp3) is 0.333. The minimum atomic E-state index is -4.44. The monoisotopic (exact) mass is 389 g/mol. The van der Waals surface area contributed by atoms with Gasteiger partial charge in [0.2, 0.25) is 5.91 Å². The summed E-state index contributed by atoms with van der Waals surface area (Å²) < 4.78 is 38.8. The van der Waals surface area contributed by atoms with Gasteiger partial charge in [-0.3, -0.25) is 9.69 Å². The van der Waals surface area contributed by atoms with Crippen molar-refractivity contribution in [3.63, 3.8) is 0 Å². The number of nitrogens with two attached hydrogens (primary N) is 1. The molecule has 1 aliphatic heterocycles. The van der Waals surface area contributed by atoms with Crippen molar-refractivity contribution in [1.82, 2.24) is 4.90 Å². The summed E-state index contributed by atoms with van der Waals surface area (Å²) in [7, 11) is 1.51. The summed E-state index contributed by atoms with van der Waals surface area (Å²) in [6.07, 6.45) is -3.63. The maximum Gasteiger partial charge on any atom is 0.416 e. The van der Waals surface area contributed by atoms with Gasteiger partial charge in [0.25, 0.3) is 0 Å². The molecule has 0 bridgehead atoms. The zero-order valence-electron chi connectivity index (χ0n) is 15.9. The molecule has 0 aliphatic carbocycles. The number of amides is 1. The van der Waals surface area contributed by atoms with Crippen LogP contribution in [0, 0.1) is 0 Å². The smallest absolute Gasteiger partial charge is 0.369 e. The molecule has 4 nitrogen and oxygen atoms in total. The van der Waals surface area contributed by atoms with Crippen LogP contribution in [0.3, 0.4) is 0 Å². The fourth-order valence-electron chi connectivity index (χ4n) is 3.59. The number of rotatable bonds is 3. The van der Waals surface area contributed by atoms with E-state index in [1.165, 1.54) is 24.1 Å². The number of aliphatic imine (C=N–C) groups is 1. The zero-order chi connectivity index (χ0) is 20.7. The number of alkyl halides is 3. The molecule has 2 atom stereocenters. The van der Waals surface area contributed by atoms with Crippen molar-refractivity contribution in [3.05, 3.63) is 70.8 Å². The number of nitrogens with zero attached hydrogens (tertiary/aromatic N) is 2. The first-order valence-corrected chi connectivity index (χ1v) is 8.97. The number of benzene rings is 2. The van der Waals surface area contributed by atoms with E-state index in [0.29, 0.717) is 5.56 Å². The topological polar surface area (TPSA) is 58.7 Å². The van der Waals surface area contributed by atoms with Gasteiger partial charge in [0.1, 0.15) is 5.54 Å². The lowest BCUT2D eigenvalue weighted by Crippen LogP contribution is -2.52. The molecule has 7 heteroatoms. The van der Waals surface area contributed by atoms with Crippen LogP contribution in [-0.4, -0.2) is 23.8 Å². The van der Waals surface area contributed by atoms with Crippen molar-refractivity contribution in [2.24, 2.45) is 10.7 Å². The van der Waals surface area contributed by atoms with Crippen molar-refractivity contribution < 1.29 is 18.0 Å². The Bertz CT molecular complexity index is 921. The van der Waals surface area contributed by atoms with E-state index in [1.807, 2.05) is 31.2 Å². The molecule has 2 N–H and O–H groups in total. The van der Waals surface area contributed by atoms with Gasteiger partial charge < -0.3 is 5.73 Å². The molecule has 0 radical (unpaired) electrons. The highest BCUT2D eigenvalue weighted by Gasteiger charge is 2.47. The molecule has 0 spiro atoms. The van der Waals surface area contributed by atoms with Crippen LogP contribution < -0.4 is 5.73 Å². The van der Waals surface area contributed by atoms with E-state index in [2.05, 4.69) is 4.99 Å². The quantitative estimate of drug-likeness (QED) is 0.861. The third-order valence-corrected chi connectivity index (χ3v) is 5.32. The molecular weight excluding hydrogens is 367 g/mol. The molecule has 1 heterocycles. The van der Waals surface area contributed by atoms with Crippen LogP contribution in [0.25, 0.3) is 0 Å². The Morgan fingerprint density at radius 3 is 2.39 bits per heavy atom. The molecule has 0 aromatic heterocycles. The molecule has 0 fully saturated rings. The van der Waals surface area contributed by atoms with Crippen LogP contribution in [0.1, 0.15) is 42.0 Å². The van der Waals surface area contributed by atoms with Crippen LogP contribution in [0.15, 0.2) is 53.5 Å². The van der Waals surface area contributed by atoms with Gasteiger partial charge in [0.15, 0.2) is 5.96 Å². The highest BCUT2D eigenvalue weighted by molar-refractivity contribution is 6.02. The molecular formula is C21H22F3N3O. The average molecular weight is 389 g/mol.